The summed E-state index contributed by atoms with van der Waals surface area (Å²) in [7, 11) is 1.58. The number of halogens is 2. The summed E-state index contributed by atoms with van der Waals surface area (Å²) in [6, 6.07) is 7.45. The van der Waals surface area contributed by atoms with E-state index in [1.165, 1.54) is 12.1 Å². The molecule has 0 bridgehead atoms. The van der Waals surface area contributed by atoms with Crippen LogP contribution >= 0.6 is 0 Å². The van der Waals surface area contributed by atoms with E-state index in [0.717, 1.165) is 51.5 Å². The van der Waals surface area contributed by atoms with Crippen LogP contribution in [0.1, 0.15) is 50.1 Å². The molecular formula is C29H33F2N2O5Pb. The number of amides is 1. The second kappa shape index (κ2) is 11.1. The van der Waals surface area contributed by atoms with Gasteiger partial charge in [-0.1, -0.05) is 0 Å². The number of hydrogen-bond acceptors (Lipinski definition) is 6. The molecule has 1 atom stereocenters. The normalized spacial score (nSPS) is 23.5. The number of ether oxygens (including phenoxy) is 4. The van der Waals surface area contributed by atoms with Gasteiger partial charge in [0.1, 0.15) is 0 Å². The zero-order valence-electron chi connectivity index (χ0n) is 22.1. The summed E-state index contributed by atoms with van der Waals surface area (Å²) >= 11 is 0.722. The molecule has 1 unspecified atom stereocenters. The summed E-state index contributed by atoms with van der Waals surface area (Å²) in [4.78, 5) is 17.4. The van der Waals surface area contributed by atoms with Crippen LogP contribution in [-0.4, -0.2) is 75.5 Å². The Morgan fingerprint density at radius 2 is 1.77 bits per heavy atom. The number of piperidine rings is 1. The number of benzene rings is 2. The van der Waals surface area contributed by atoms with Crippen LogP contribution in [0.15, 0.2) is 30.3 Å². The number of hydrogen-bond donors (Lipinski definition) is 0. The molecule has 3 saturated heterocycles. The number of methoxy groups -OCH3 is 1. The fourth-order valence-corrected chi connectivity index (χ4v) is 7.55. The third-order valence-electron chi connectivity index (χ3n) is 8.85. The molecule has 39 heavy (non-hydrogen) atoms. The second-order valence-electron chi connectivity index (χ2n) is 10.8. The number of carbonyl (C=O) groups excluding carboxylic acids is 1. The molecule has 2 aromatic rings. The fraction of sp³-hybridized carbons (Fsp3) is 0.552. The Balaban J connectivity index is 1.34. The number of para-hydroxylation sites is 1. The number of β-lactam (4-membered cyclic amide) rings is 1. The first-order valence-corrected chi connectivity index (χ1v) is 16.5. The molecule has 7 nitrogen and oxygen atoms in total. The molecule has 1 spiro atoms. The summed E-state index contributed by atoms with van der Waals surface area (Å²) < 4.78 is 54.0. The zero-order chi connectivity index (χ0) is 27.1. The van der Waals surface area contributed by atoms with E-state index >= 15 is 4.39 Å². The quantitative estimate of drug-likeness (QED) is 0.304. The van der Waals surface area contributed by atoms with Gasteiger partial charge in [-0.05, 0) is 12.8 Å². The van der Waals surface area contributed by atoms with Gasteiger partial charge in [0.2, 0.25) is 0 Å². The van der Waals surface area contributed by atoms with Crippen LogP contribution in [0.4, 0.5) is 20.2 Å². The molecular weight excluding hydrogens is 702 g/mol. The summed E-state index contributed by atoms with van der Waals surface area (Å²) in [5, 5.41) is 0. The van der Waals surface area contributed by atoms with Crippen molar-refractivity contribution in [1.82, 2.24) is 0 Å². The molecule has 3 aliphatic heterocycles. The van der Waals surface area contributed by atoms with E-state index in [4.69, 9.17) is 18.9 Å². The monoisotopic (exact) mass is 735 g/mol. The van der Waals surface area contributed by atoms with Crippen LogP contribution < -0.4 is 19.3 Å². The van der Waals surface area contributed by atoms with Gasteiger partial charge in [0.05, 0.1) is 13.2 Å². The molecule has 4 aliphatic rings. The Labute approximate surface area is 243 Å². The Bertz CT molecular complexity index is 1230. The maximum atomic E-state index is 15.9. The predicted octanol–water partition coefficient (Wildman–Crippen LogP) is 4.72. The van der Waals surface area contributed by atoms with Crippen LogP contribution in [0, 0.1) is 23.0 Å². The average Bonchev–Trinajstić information content (AvgIpc) is 3.67. The summed E-state index contributed by atoms with van der Waals surface area (Å²) in [5.74, 6) is 0.00395. The molecule has 1 amide bonds. The Hall–Kier alpha value is -1.99. The fourth-order valence-electron chi connectivity index (χ4n) is 6.99. The van der Waals surface area contributed by atoms with E-state index in [1.807, 2.05) is 4.90 Å². The standard InChI is InChI=1S/C29H33F2N2O5.Pb/c1-35-24-17-23(32-12-8-18(9-13-32)27-37-14-15-38-27)21(31)16-19(24)26-29(10-3-4-11-29)28(34)33(26)22-7-5-6-20(30)25(22)36-2;/h5-7,16-18,26-27H,2-4,8-15H2,1H3;. The molecule has 0 aromatic heterocycles. The van der Waals surface area contributed by atoms with Crippen molar-refractivity contribution in [2.45, 2.75) is 50.9 Å². The Morgan fingerprint density at radius 3 is 2.44 bits per heavy atom. The van der Waals surface area contributed by atoms with Gasteiger partial charge in [0.25, 0.3) is 0 Å². The first-order valence-electron chi connectivity index (χ1n) is 13.7. The molecule has 3 heterocycles. The topological polar surface area (TPSA) is 60.5 Å². The number of anilines is 2. The van der Waals surface area contributed by atoms with Crippen molar-refractivity contribution in [3.8, 4) is 11.5 Å². The van der Waals surface area contributed by atoms with Crippen molar-refractivity contribution in [1.29, 1.82) is 0 Å². The third kappa shape index (κ3) is 4.61. The van der Waals surface area contributed by atoms with Gasteiger partial charge in [-0.2, -0.15) is 0 Å². The molecule has 1 aliphatic carbocycles. The molecule has 207 valence electrons. The Morgan fingerprint density at radius 1 is 1.05 bits per heavy atom. The average molecular weight is 735 g/mol. The number of nitrogens with zero attached hydrogens (tertiary/aromatic N) is 2. The van der Waals surface area contributed by atoms with Crippen LogP contribution in [0.3, 0.4) is 0 Å². The van der Waals surface area contributed by atoms with Crippen LogP contribution in [0.2, 0.25) is 0 Å². The van der Waals surface area contributed by atoms with Gasteiger partial charge in [0.15, 0.2) is 6.29 Å². The van der Waals surface area contributed by atoms with E-state index < -0.39 is 17.3 Å². The molecule has 6 rings (SSSR count). The SMILES string of the molecule is COc1cc(N2CCC(C3OCCO3)CC2)c(F)cc1C1N(c2cccc(F)c2O[CH2][Pb])C(=O)C12CCCC2. The summed E-state index contributed by atoms with van der Waals surface area (Å²) in [5.41, 5.74) is 0.851. The molecule has 3 radical (unpaired) electrons. The third-order valence-corrected chi connectivity index (χ3v) is 9.41. The van der Waals surface area contributed by atoms with Gasteiger partial charge >= 0.3 is 196 Å². The van der Waals surface area contributed by atoms with E-state index in [0.29, 0.717) is 71.9 Å². The zero-order valence-corrected chi connectivity index (χ0v) is 26.0. The predicted molar refractivity (Wildman–Crippen MR) is 142 cm³/mol. The van der Waals surface area contributed by atoms with E-state index in [1.54, 1.807) is 30.2 Å². The van der Waals surface area contributed by atoms with Gasteiger partial charge < -0.3 is 9.47 Å². The van der Waals surface area contributed by atoms with Gasteiger partial charge in [-0.3, -0.25) is 0 Å². The molecule has 10 heteroatoms. The summed E-state index contributed by atoms with van der Waals surface area (Å²) in [6.07, 6.45) is 4.82. The van der Waals surface area contributed by atoms with Gasteiger partial charge in [-0.15, -0.1) is 0 Å². The van der Waals surface area contributed by atoms with Crippen molar-refractivity contribution in [3.05, 3.63) is 47.5 Å². The van der Waals surface area contributed by atoms with Crippen LogP contribution in [0.5, 0.6) is 11.5 Å². The summed E-state index contributed by atoms with van der Waals surface area (Å²) in [6.45, 7) is 2.64. The van der Waals surface area contributed by atoms with Crippen molar-refractivity contribution in [2.75, 3.05) is 47.4 Å². The van der Waals surface area contributed by atoms with Crippen molar-refractivity contribution >= 4 is 43.0 Å². The van der Waals surface area contributed by atoms with Gasteiger partial charge in [0, 0.05) is 5.92 Å². The van der Waals surface area contributed by atoms with Crippen LogP contribution in [0.25, 0.3) is 0 Å². The van der Waals surface area contributed by atoms with Crippen molar-refractivity contribution < 1.29 is 32.5 Å². The molecule has 1 saturated carbocycles. The van der Waals surface area contributed by atoms with E-state index in [-0.39, 0.29) is 23.8 Å². The second-order valence-corrected chi connectivity index (χ2v) is 11.9. The number of carbonyl (C=O) groups is 1. The molecule has 2 aromatic carbocycles. The van der Waals surface area contributed by atoms with E-state index in [9.17, 15) is 9.18 Å². The van der Waals surface area contributed by atoms with Gasteiger partial charge in [-0.25, -0.2) is 0 Å². The minimum atomic E-state index is -0.647. The van der Waals surface area contributed by atoms with Crippen molar-refractivity contribution in [3.63, 3.8) is 0 Å². The molecule has 0 N–H and O–H groups in total. The first-order chi connectivity index (χ1) is 19.0. The maximum absolute atomic E-state index is 15.9. The minimum absolute atomic E-state index is 0.0567. The van der Waals surface area contributed by atoms with E-state index in [2.05, 4.69) is 0 Å². The first kappa shape index (κ1) is 27.2. The van der Waals surface area contributed by atoms with Crippen molar-refractivity contribution in [2.24, 2.45) is 11.3 Å². The van der Waals surface area contributed by atoms with Crippen LogP contribution in [-0.2, 0) is 14.3 Å². The molecule has 4 fully saturated rings. The Kier molecular flexibility index (Phi) is 7.75. The number of rotatable bonds is 7.